The Kier molecular flexibility index (Phi) is 5.57. The summed E-state index contributed by atoms with van der Waals surface area (Å²) in [7, 11) is 0. The molecule has 2 aromatic heterocycles. The van der Waals surface area contributed by atoms with Gasteiger partial charge in [-0.3, -0.25) is 0 Å². The van der Waals surface area contributed by atoms with Gasteiger partial charge in [-0.1, -0.05) is 115 Å². The summed E-state index contributed by atoms with van der Waals surface area (Å²) < 4.78 is 13.2. The van der Waals surface area contributed by atoms with E-state index >= 15 is 0 Å². The van der Waals surface area contributed by atoms with E-state index in [-0.39, 0.29) is 0 Å². The van der Waals surface area contributed by atoms with E-state index in [1.165, 1.54) is 27.3 Å². The quantitative estimate of drug-likeness (QED) is 0.201. The molecule has 47 heavy (non-hydrogen) atoms. The van der Waals surface area contributed by atoms with Crippen LogP contribution in [0.2, 0.25) is 0 Å². The first-order valence-electron chi connectivity index (χ1n) is 15.9. The van der Waals surface area contributed by atoms with Gasteiger partial charge in [0.2, 0.25) is 0 Å². The molecule has 0 aliphatic heterocycles. The average molecular weight is 602 g/mol. The first kappa shape index (κ1) is 26.0. The zero-order valence-electron chi connectivity index (χ0n) is 25.4. The van der Waals surface area contributed by atoms with Crippen LogP contribution in [-0.2, 0) is 0 Å². The first-order valence-corrected chi connectivity index (χ1v) is 15.9. The maximum absolute atomic E-state index is 6.63. The van der Waals surface area contributed by atoms with Gasteiger partial charge < -0.3 is 13.7 Å². The van der Waals surface area contributed by atoms with Gasteiger partial charge in [0.15, 0.2) is 5.58 Å². The van der Waals surface area contributed by atoms with Gasteiger partial charge in [0.1, 0.15) is 16.7 Å². The predicted molar refractivity (Wildman–Crippen MR) is 196 cm³/mol. The highest BCUT2D eigenvalue weighted by Gasteiger charge is 2.21. The minimum atomic E-state index is 0.850. The largest absolute Gasteiger partial charge is 0.455 e. The molecule has 8 aromatic carbocycles. The Hall–Kier alpha value is -6.32. The van der Waals surface area contributed by atoms with Crippen molar-refractivity contribution >= 4 is 82.5 Å². The fourth-order valence-electron chi connectivity index (χ4n) is 7.23. The second-order valence-electron chi connectivity index (χ2n) is 12.1. The molecule has 0 bridgehead atoms. The Morgan fingerprint density at radius 3 is 1.83 bits per heavy atom. The molecule has 10 aromatic rings. The Bertz CT molecular complexity index is 2800. The van der Waals surface area contributed by atoms with Crippen LogP contribution in [0, 0.1) is 0 Å². The van der Waals surface area contributed by atoms with Crippen molar-refractivity contribution in [3.63, 3.8) is 0 Å². The van der Waals surface area contributed by atoms with Crippen molar-refractivity contribution in [2.45, 2.75) is 0 Å². The zero-order chi connectivity index (χ0) is 30.9. The number of para-hydroxylation sites is 2. The number of benzene rings is 8. The topological polar surface area (TPSA) is 29.5 Å². The minimum Gasteiger partial charge on any atom is -0.455 e. The van der Waals surface area contributed by atoms with Crippen LogP contribution in [0.3, 0.4) is 0 Å². The number of hydrogen-bond acceptors (Lipinski definition) is 3. The highest BCUT2D eigenvalue weighted by molar-refractivity contribution is 6.16. The van der Waals surface area contributed by atoms with Crippen molar-refractivity contribution in [3.8, 4) is 11.1 Å². The summed E-state index contributed by atoms with van der Waals surface area (Å²) in [5, 5.41) is 9.19. The van der Waals surface area contributed by atoms with Crippen LogP contribution in [0.5, 0.6) is 0 Å². The Morgan fingerprint density at radius 1 is 0.362 bits per heavy atom. The summed E-state index contributed by atoms with van der Waals surface area (Å²) in [4.78, 5) is 2.28. The number of hydrogen-bond donors (Lipinski definition) is 0. The van der Waals surface area contributed by atoms with Crippen LogP contribution in [0.25, 0.3) is 76.5 Å². The SMILES string of the molecule is c1ccc2c(-c3ccc(N(c4ccc5c(c4)oc4c6ccccc6ccc54)c4cccc5c4oc4ccccc45)cc3)cccc2c1. The molecule has 0 spiro atoms. The van der Waals surface area contributed by atoms with Gasteiger partial charge in [-0.2, -0.15) is 0 Å². The number of fused-ring (bicyclic) bond motifs is 9. The lowest BCUT2D eigenvalue weighted by atomic mass is 9.98. The molecule has 2 heterocycles. The fraction of sp³-hybridized carbons (Fsp3) is 0. The Morgan fingerprint density at radius 2 is 0.957 bits per heavy atom. The molecular formula is C44H27NO2. The molecule has 3 nitrogen and oxygen atoms in total. The van der Waals surface area contributed by atoms with Crippen molar-refractivity contribution in [1.29, 1.82) is 0 Å². The standard InChI is InChI=1S/C44H27NO2/c1-3-12-33-28(9-1)11-7-15-34(33)30-19-22-31(23-20-30)45(40-17-8-16-38-36-14-5-6-18-41(36)46-44(38)40)32-24-26-37-39-25-21-29-10-2-4-13-35(29)43(39)47-42(37)27-32/h1-27H. The van der Waals surface area contributed by atoms with Gasteiger partial charge in [-0.05, 0) is 69.8 Å². The molecule has 0 atom stereocenters. The number of anilines is 3. The van der Waals surface area contributed by atoms with Gasteiger partial charge in [-0.15, -0.1) is 0 Å². The van der Waals surface area contributed by atoms with Crippen molar-refractivity contribution in [2.75, 3.05) is 4.90 Å². The average Bonchev–Trinajstić information content (AvgIpc) is 3.71. The third kappa shape index (κ3) is 4.00. The number of nitrogens with zero attached hydrogens (tertiary/aromatic N) is 1. The zero-order valence-corrected chi connectivity index (χ0v) is 25.4. The normalized spacial score (nSPS) is 11.8. The minimum absolute atomic E-state index is 0.850. The summed E-state index contributed by atoms with van der Waals surface area (Å²) in [6.45, 7) is 0. The second kappa shape index (κ2) is 10.1. The summed E-state index contributed by atoms with van der Waals surface area (Å²) in [6.07, 6.45) is 0. The Labute approximate surface area is 270 Å². The van der Waals surface area contributed by atoms with Crippen LogP contribution in [-0.4, -0.2) is 0 Å². The molecule has 0 unspecified atom stereocenters. The molecule has 0 N–H and O–H groups in total. The molecule has 0 saturated heterocycles. The summed E-state index contributed by atoms with van der Waals surface area (Å²) in [6, 6.07) is 57.8. The van der Waals surface area contributed by atoms with Crippen LogP contribution in [0.4, 0.5) is 17.1 Å². The predicted octanol–water partition coefficient (Wildman–Crippen LogP) is 12.9. The third-order valence-corrected chi connectivity index (χ3v) is 9.46. The smallest absolute Gasteiger partial charge is 0.159 e. The highest BCUT2D eigenvalue weighted by Crippen LogP contribution is 2.44. The molecule has 0 saturated carbocycles. The van der Waals surface area contributed by atoms with E-state index in [0.717, 1.165) is 66.3 Å². The van der Waals surface area contributed by atoms with Crippen LogP contribution < -0.4 is 4.90 Å². The van der Waals surface area contributed by atoms with Gasteiger partial charge >= 0.3 is 0 Å². The third-order valence-electron chi connectivity index (χ3n) is 9.46. The van der Waals surface area contributed by atoms with Crippen LogP contribution >= 0.6 is 0 Å². The van der Waals surface area contributed by atoms with Crippen LogP contribution in [0.1, 0.15) is 0 Å². The van der Waals surface area contributed by atoms with E-state index in [1.807, 2.05) is 12.1 Å². The molecule has 0 amide bonds. The van der Waals surface area contributed by atoms with Crippen molar-refractivity contribution in [1.82, 2.24) is 0 Å². The van der Waals surface area contributed by atoms with E-state index in [9.17, 15) is 0 Å². The van der Waals surface area contributed by atoms with Crippen molar-refractivity contribution < 1.29 is 8.83 Å². The molecule has 220 valence electrons. The van der Waals surface area contributed by atoms with E-state index in [4.69, 9.17) is 8.83 Å². The summed E-state index contributed by atoms with van der Waals surface area (Å²) >= 11 is 0. The van der Waals surface area contributed by atoms with E-state index in [1.54, 1.807) is 0 Å². The second-order valence-corrected chi connectivity index (χ2v) is 12.1. The van der Waals surface area contributed by atoms with Crippen molar-refractivity contribution in [3.05, 3.63) is 164 Å². The summed E-state index contributed by atoms with van der Waals surface area (Å²) in [5.74, 6) is 0. The van der Waals surface area contributed by atoms with E-state index in [2.05, 4.69) is 157 Å². The summed E-state index contributed by atoms with van der Waals surface area (Å²) in [5.41, 5.74) is 8.88. The molecule has 3 heteroatoms. The lowest BCUT2D eigenvalue weighted by molar-refractivity contribution is 0.668. The molecular weight excluding hydrogens is 574 g/mol. The fourth-order valence-corrected chi connectivity index (χ4v) is 7.23. The van der Waals surface area contributed by atoms with Gasteiger partial charge in [0.05, 0.1) is 11.4 Å². The van der Waals surface area contributed by atoms with E-state index < -0.39 is 0 Å². The van der Waals surface area contributed by atoms with Crippen molar-refractivity contribution in [2.24, 2.45) is 0 Å². The highest BCUT2D eigenvalue weighted by atomic mass is 16.3. The van der Waals surface area contributed by atoms with Gasteiger partial charge in [0.25, 0.3) is 0 Å². The lowest BCUT2D eigenvalue weighted by Gasteiger charge is -2.25. The number of rotatable bonds is 4. The van der Waals surface area contributed by atoms with Gasteiger partial charge in [-0.25, -0.2) is 0 Å². The van der Waals surface area contributed by atoms with Gasteiger partial charge in [0, 0.05) is 38.7 Å². The molecule has 0 aliphatic carbocycles. The first-order chi connectivity index (χ1) is 23.3. The maximum Gasteiger partial charge on any atom is 0.159 e. The number of furan rings is 2. The lowest BCUT2D eigenvalue weighted by Crippen LogP contribution is -2.10. The molecule has 10 rings (SSSR count). The van der Waals surface area contributed by atoms with E-state index in [0.29, 0.717) is 0 Å². The molecule has 0 fully saturated rings. The molecule has 0 radical (unpaired) electrons. The maximum atomic E-state index is 6.63. The monoisotopic (exact) mass is 601 g/mol. The Balaban J connectivity index is 1.19. The van der Waals surface area contributed by atoms with Crippen LogP contribution in [0.15, 0.2) is 173 Å². The molecule has 0 aliphatic rings.